The summed E-state index contributed by atoms with van der Waals surface area (Å²) in [6, 6.07) is 9.14. The summed E-state index contributed by atoms with van der Waals surface area (Å²) in [7, 11) is 1.60. The molecule has 7 heteroatoms. The first-order valence-corrected chi connectivity index (χ1v) is 7.09. The monoisotopic (exact) mass is 304 g/mol. The second-order valence-corrected chi connectivity index (χ2v) is 5.03. The highest BCUT2D eigenvalue weighted by molar-refractivity contribution is 5.74. The molecule has 0 saturated carbocycles. The number of urea groups is 1. The smallest absolute Gasteiger partial charge is 0.317 e. The zero-order valence-electron chi connectivity index (χ0n) is 12.7. The summed E-state index contributed by atoms with van der Waals surface area (Å²) in [4.78, 5) is 17.5. The molecule has 2 rings (SSSR count). The minimum atomic E-state index is -0.398. The van der Waals surface area contributed by atoms with Crippen LogP contribution in [0.1, 0.15) is 30.2 Å². The lowest BCUT2D eigenvalue weighted by atomic mass is 10.1. The van der Waals surface area contributed by atoms with Gasteiger partial charge < -0.3 is 19.8 Å². The van der Waals surface area contributed by atoms with Gasteiger partial charge in [-0.2, -0.15) is 4.98 Å². The molecule has 1 unspecified atom stereocenters. The summed E-state index contributed by atoms with van der Waals surface area (Å²) < 4.78 is 5.20. The van der Waals surface area contributed by atoms with Gasteiger partial charge in [-0.3, -0.25) is 0 Å². The number of aliphatic hydroxyl groups excluding tert-OH is 1. The van der Waals surface area contributed by atoms with Gasteiger partial charge in [-0.05, 0) is 12.5 Å². The lowest BCUT2D eigenvalue weighted by Gasteiger charge is -2.18. The maximum absolute atomic E-state index is 11.8. The molecule has 118 valence electrons. The SMILES string of the molecule is CC(NC(=O)N(C)CCO)c1nc(Cc2ccccc2)no1. The van der Waals surface area contributed by atoms with Gasteiger partial charge in [0.15, 0.2) is 5.82 Å². The highest BCUT2D eigenvalue weighted by atomic mass is 16.5. The minimum Gasteiger partial charge on any atom is -0.395 e. The fourth-order valence-electron chi connectivity index (χ4n) is 1.90. The third-order valence-electron chi connectivity index (χ3n) is 3.18. The first-order chi connectivity index (χ1) is 10.6. The van der Waals surface area contributed by atoms with Gasteiger partial charge in [0.1, 0.15) is 6.04 Å². The van der Waals surface area contributed by atoms with E-state index in [4.69, 9.17) is 9.63 Å². The number of hydrogen-bond donors (Lipinski definition) is 2. The summed E-state index contributed by atoms with van der Waals surface area (Å²) in [5.41, 5.74) is 1.09. The number of nitrogens with zero attached hydrogens (tertiary/aromatic N) is 3. The van der Waals surface area contributed by atoms with Crippen LogP contribution in [0.3, 0.4) is 0 Å². The van der Waals surface area contributed by atoms with E-state index < -0.39 is 6.04 Å². The van der Waals surface area contributed by atoms with E-state index in [2.05, 4.69) is 15.5 Å². The van der Waals surface area contributed by atoms with Crippen molar-refractivity contribution in [3.8, 4) is 0 Å². The molecule has 0 radical (unpaired) electrons. The molecule has 1 heterocycles. The summed E-state index contributed by atoms with van der Waals surface area (Å²) >= 11 is 0. The number of aromatic nitrogens is 2. The number of carbonyl (C=O) groups is 1. The number of benzene rings is 1. The standard InChI is InChI=1S/C15H20N4O3/c1-11(16-15(21)19(2)8-9-20)14-17-13(18-22-14)10-12-6-4-3-5-7-12/h3-7,11,20H,8-10H2,1-2H3,(H,16,21). The Morgan fingerprint density at radius 1 is 1.41 bits per heavy atom. The molecule has 2 N–H and O–H groups in total. The van der Waals surface area contributed by atoms with Crippen molar-refractivity contribution in [2.45, 2.75) is 19.4 Å². The maximum atomic E-state index is 11.8. The summed E-state index contributed by atoms with van der Waals surface area (Å²) in [5, 5.41) is 15.5. The van der Waals surface area contributed by atoms with Crippen molar-refractivity contribution in [1.29, 1.82) is 0 Å². The van der Waals surface area contributed by atoms with Gasteiger partial charge in [-0.15, -0.1) is 0 Å². The number of hydrogen-bond acceptors (Lipinski definition) is 5. The zero-order valence-corrected chi connectivity index (χ0v) is 12.7. The predicted octanol–water partition coefficient (Wildman–Crippen LogP) is 1.36. The Bertz CT molecular complexity index is 600. The van der Waals surface area contributed by atoms with Crippen molar-refractivity contribution in [2.75, 3.05) is 20.2 Å². The number of carbonyl (C=O) groups excluding carboxylic acids is 1. The number of aliphatic hydroxyl groups is 1. The zero-order chi connectivity index (χ0) is 15.9. The topological polar surface area (TPSA) is 91.5 Å². The van der Waals surface area contributed by atoms with Crippen LogP contribution in [0.5, 0.6) is 0 Å². The highest BCUT2D eigenvalue weighted by Crippen LogP contribution is 2.12. The predicted molar refractivity (Wildman–Crippen MR) is 80.2 cm³/mol. The average Bonchev–Trinajstić information content (AvgIpc) is 2.97. The van der Waals surface area contributed by atoms with E-state index in [0.29, 0.717) is 18.1 Å². The molecule has 1 aromatic heterocycles. The van der Waals surface area contributed by atoms with E-state index in [1.807, 2.05) is 30.3 Å². The Labute approximate surface area is 128 Å². The fraction of sp³-hybridized carbons (Fsp3) is 0.400. The molecule has 1 atom stereocenters. The van der Waals surface area contributed by atoms with Gasteiger partial charge >= 0.3 is 6.03 Å². The molecule has 7 nitrogen and oxygen atoms in total. The van der Waals surface area contributed by atoms with Crippen LogP contribution in [0, 0.1) is 0 Å². The molecule has 0 aliphatic heterocycles. The summed E-state index contributed by atoms with van der Waals surface area (Å²) in [5.74, 6) is 0.933. The molecule has 0 aliphatic carbocycles. The van der Waals surface area contributed by atoms with Crippen molar-refractivity contribution in [2.24, 2.45) is 0 Å². The van der Waals surface area contributed by atoms with Crippen LogP contribution < -0.4 is 5.32 Å². The quantitative estimate of drug-likeness (QED) is 0.840. The molecule has 0 spiro atoms. The van der Waals surface area contributed by atoms with Gasteiger partial charge in [-0.1, -0.05) is 35.5 Å². The van der Waals surface area contributed by atoms with Crippen molar-refractivity contribution in [3.05, 3.63) is 47.6 Å². The first-order valence-electron chi connectivity index (χ1n) is 7.09. The molecule has 0 fully saturated rings. The summed E-state index contributed by atoms with van der Waals surface area (Å²) in [6.07, 6.45) is 0.579. The van der Waals surface area contributed by atoms with Gasteiger partial charge in [-0.25, -0.2) is 4.79 Å². The van der Waals surface area contributed by atoms with E-state index in [1.165, 1.54) is 4.90 Å². The van der Waals surface area contributed by atoms with Crippen LogP contribution in [0.4, 0.5) is 4.79 Å². The van der Waals surface area contributed by atoms with Crippen LogP contribution in [0.2, 0.25) is 0 Å². The molecular formula is C15H20N4O3. The number of nitrogens with one attached hydrogen (secondary N) is 1. The minimum absolute atomic E-state index is 0.0833. The Hall–Kier alpha value is -2.41. The normalized spacial score (nSPS) is 12.0. The largest absolute Gasteiger partial charge is 0.395 e. The average molecular weight is 304 g/mol. The van der Waals surface area contributed by atoms with Crippen LogP contribution in [0.25, 0.3) is 0 Å². The fourth-order valence-corrected chi connectivity index (χ4v) is 1.90. The summed E-state index contributed by atoms with van der Waals surface area (Å²) in [6.45, 7) is 1.95. The molecule has 1 aromatic carbocycles. The van der Waals surface area contributed by atoms with Gasteiger partial charge in [0.25, 0.3) is 0 Å². The van der Waals surface area contributed by atoms with E-state index in [0.717, 1.165) is 5.56 Å². The highest BCUT2D eigenvalue weighted by Gasteiger charge is 2.18. The van der Waals surface area contributed by atoms with Crippen molar-refractivity contribution < 1.29 is 14.4 Å². The third-order valence-corrected chi connectivity index (χ3v) is 3.18. The molecule has 0 saturated heterocycles. The van der Waals surface area contributed by atoms with E-state index in [-0.39, 0.29) is 19.2 Å². The Morgan fingerprint density at radius 2 is 2.14 bits per heavy atom. The molecule has 0 bridgehead atoms. The van der Waals surface area contributed by atoms with E-state index in [1.54, 1.807) is 14.0 Å². The second-order valence-electron chi connectivity index (χ2n) is 5.03. The Morgan fingerprint density at radius 3 is 2.82 bits per heavy atom. The molecule has 2 amide bonds. The second kappa shape index (κ2) is 7.56. The van der Waals surface area contributed by atoms with Gasteiger partial charge in [0.2, 0.25) is 5.89 Å². The Balaban J connectivity index is 1.94. The van der Waals surface area contributed by atoms with Crippen molar-refractivity contribution in [3.63, 3.8) is 0 Å². The Kier molecular flexibility index (Phi) is 5.48. The maximum Gasteiger partial charge on any atom is 0.317 e. The van der Waals surface area contributed by atoms with Crippen LogP contribution >= 0.6 is 0 Å². The van der Waals surface area contributed by atoms with E-state index >= 15 is 0 Å². The molecule has 0 aliphatic rings. The third kappa shape index (κ3) is 4.29. The van der Waals surface area contributed by atoms with Crippen LogP contribution in [-0.4, -0.2) is 46.4 Å². The lowest BCUT2D eigenvalue weighted by Crippen LogP contribution is -2.40. The molecule has 2 aromatic rings. The van der Waals surface area contributed by atoms with Gasteiger partial charge in [0, 0.05) is 20.0 Å². The van der Waals surface area contributed by atoms with Crippen molar-refractivity contribution >= 4 is 6.03 Å². The van der Waals surface area contributed by atoms with Gasteiger partial charge in [0.05, 0.1) is 6.61 Å². The number of rotatable bonds is 6. The number of likely N-dealkylation sites (N-methyl/N-ethyl adjacent to an activating group) is 1. The molecule has 22 heavy (non-hydrogen) atoms. The molecular weight excluding hydrogens is 284 g/mol. The van der Waals surface area contributed by atoms with Crippen LogP contribution in [-0.2, 0) is 6.42 Å². The lowest BCUT2D eigenvalue weighted by molar-refractivity contribution is 0.185. The first kappa shape index (κ1) is 16.0. The van der Waals surface area contributed by atoms with E-state index in [9.17, 15) is 4.79 Å². The van der Waals surface area contributed by atoms with Crippen LogP contribution in [0.15, 0.2) is 34.9 Å². The number of amides is 2. The van der Waals surface area contributed by atoms with Crippen molar-refractivity contribution in [1.82, 2.24) is 20.4 Å².